The van der Waals surface area contributed by atoms with Crippen LogP contribution in [0.5, 0.6) is 0 Å². The zero-order valence-electron chi connectivity index (χ0n) is 12.4. The molecule has 2 heterocycles. The smallest absolute Gasteiger partial charge is 0.227 e. The van der Waals surface area contributed by atoms with E-state index in [0.29, 0.717) is 25.3 Å². The lowest BCUT2D eigenvalue weighted by Gasteiger charge is -2.34. The van der Waals surface area contributed by atoms with Crippen molar-refractivity contribution in [3.8, 4) is 0 Å². The van der Waals surface area contributed by atoms with Crippen LogP contribution in [0.25, 0.3) is 0 Å². The normalized spacial score (nSPS) is 18.5. The molecule has 6 heteroatoms. The van der Waals surface area contributed by atoms with Crippen LogP contribution in [-0.2, 0) is 16.0 Å². The van der Waals surface area contributed by atoms with Crippen LogP contribution >= 0.6 is 0 Å². The van der Waals surface area contributed by atoms with E-state index in [0.717, 1.165) is 11.5 Å². The minimum atomic E-state index is -0.328. The molecule has 0 radical (unpaired) electrons. The average molecular weight is 303 g/mol. The summed E-state index contributed by atoms with van der Waals surface area (Å²) < 4.78 is 18.7. The van der Waals surface area contributed by atoms with Gasteiger partial charge in [-0.2, -0.15) is 0 Å². The van der Waals surface area contributed by atoms with Gasteiger partial charge in [0.15, 0.2) is 0 Å². The summed E-state index contributed by atoms with van der Waals surface area (Å²) in [6.07, 6.45) is 1.91. The maximum Gasteiger partial charge on any atom is 0.227 e. The van der Waals surface area contributed by atoms with Gasteiger partial charge in [-0.05, 0) is 24.6 Å². The summed E-state index contributed by atoms with van der Waals surface area (Å²) in [5.41, 5.74) is 1.61. The van der Waals surface area contributed by atoms with Crippen molar-refractivity contribution in [1.29, 1.82) is 0 Å². The number of hydrogen-bond donors (Lipinski definition) is 1. The zero-order chi connectivity index (χ0) is 15.5. The van der Waals surface area contributed by atoms with Gasteiger partial charge >= 0.3 is 0 Å². The standard InChI is InChI=1S/C16H18FN3O2/c1-11-9-18-16(19-11)14-10-22-6-5-20(14)15(21)8-12-3-2-4-13(17)7-12/h2-4,7,9,14H,5-6,8,10H2,1H3,(H,18,19). The molecule has 1 amide bonds. The molecule has 1 aromatic carbocycles. The van der Waals surface area contributed by atoms with Crippen LogP contribution in [0.1, 0.15) is 23.1 Å². The number of aromatic nitrogens is 2. The van der Waals surface area contributed by atoms with Crippen molar-refractivity contribution in [1.82, 2.24) is 14.9 Å². The van der Waals surface area contributed by atoms with E-state index >= 15 is 0 Å². The van der Waals surface area contributed by atoms with Gasteiger partial charge in [-0.25, -0.2) is 9.37 Å². The quantitative estimate of drug-likeness (QED) is 0.943. The summed E-state index contributed by atoms with van der Waals surface area (Å²) >= 11 is 0. The highest BCUT2D eigenvalue weighted by atomic mass is 19.1. The Labute approximate surface area is 128 Å². The minimum Gasteiger partial charge on any atom is -0.377 e. The third-order valence-corrected chi connectivity index (χ3v) is 3.73. The first kappa shape index (κ1) is 14.7. The molecule has 1 aromatic heterocycles. The third-order valence-electron chi connectivity index (χ3n) is 3.73. The van der Waals surface area contributed by atoms with Crippen LogP contribution in [0, 0.1) is 12.7 Å². The molecule has 1 unspecified atom stereocenters. The predicted molar refractivity (Wildman–Crippen MR) is 78.7 cm³/mol. The monoisotopic (exact) mass is 303 g/mol. The number of benzene rings is 1. The number of aryl methyl sites for hydroxylation is 1. The maximum absolute atomic E-state index is 13.2. The molecule has 116 valence electrons. The second-order valence-electron chi connectivity index (χ2n) is 5.44. The molecule has 0 spiro atoms. The minimum absolute atomic E-state index is 0.0482. The Bertz CT molecular complexity index is 671. The molecule has 3 rings (SSSR count). The average Bonchev–Trinajstić information content (AvgIpc) is 2.94. The first-order valence-electron chi connectivity index (χ1n) is 7.26. The number of aromatic amines is 1. The van der Waals surface area contributed by atoms with Crippen molar-refractivity contribution in [2.24, 2.45) is 0 Å². The number of hydrogen-bond acceptors (Lipinski definition) is 3. The van der Waals surface area contributed by atoms with Gasteiger partial charge in [-0.15, -0.1) is 0 Å². The summed E-state index contributed by atoms with van der Waals surface area (Å²) in [6.45, 7) is 3.35. The van der Waals surface area contributed by atoms with Crippen LogP contribution in [0.15, 0.2) is 30.5 Å². The summed E-state index contributed by atoms with van der Waals surface area (Å²) in [7, 11) is 0. The SMILES string of the molecule is Cc1cnc(C2COCCN2C(=O)Cc2cccc(F)c2)[nH]1. The van der Waals surface area contributed by atoms with Crippen molar-refractivity contribution in [2.75, 3.05) is 19.8 Å². The Hall–Kier alpha value is -2.21. The number of amides is 1. The zero-order valence-corrected chi connectivity index (χ0v) is 12.4. The van der Waals surface area contributed by atoms with Gasteiger partial charge in [0.25, 0.3) is 0 Å². The van der Waals surface area contributed by atoms with E-state index in [1.165, 1.54) is 12.1 Å². The molecule has 0 bridgehead atoms. The van der Waals surface area contributed by atoms with Crippen LogP contribution in [-0.4, -0.2) is 40.5 Å². The Balaban J connectivity index is 1.76. The molecule has 1 atom stereocenters. The van der Waals surface area contributed by atoms with E-state index in [4.69, 9.17) is 4.74 Å². The number of ether oxygens (including phenoxy) is 1. The second-order valence-corrected chi connectivity index (χ2v) is 5.44. The fraction of sp³-hybridized carbons (Fsp3) is 0.375. The van der Waals surface area contributed by atoms with E-state index in [2.05, 4.69) is 9.97 Å². The van der Waals surface area contributed by atoms with Gasteiger partial charge < -0.3 is 14.6 Å². The molecule has 2 aromatic rings. The highest BCUT2D eigenvalue weighted by Gasteiger charge is 2.30. The Kier molecular flexibility index (Phi) is 4.20. The molecule has 22 heavy (non-hydrogen) atoms. The molecule has 1 saturated heterocycles. The van der Waals surface area contributed by atoms with E-state index in [9.17, 15) is 9.18 Å². The molecular formula is C16H18FN3O2. The van der Waals surface area contributed by atoms with Crippen LogP contribution in [0.3, 0.4) is 0 Å². The van der Waals surface area contributed by atoms with Crippen LogP contribution in [0.2, 0.25) is 0 Å². The Morgan fingerprint density at radius 2 is 2.41 bits per heavy atom. The van der Waals surface area contributed by atoms with E-state index in [-0.39, 0.29) is 24.2 Å². The number of nitrogens with zero attached hydrogens (tertiary/aromatic N) is 2. The highest BCUT2D eigenvalue weighted by molar-refractivity contribution is 5.79. The van der Waals surface area contributed by atoms with Crippen molar-refractivity contribution < 1.29 is 13.9 Å². The van der Waals surface area contributed by atoms with Crippen molar-refractivity contribution in [2.45, 2.75) is 19.4 Å². The molecule has 1 fully saturated rings. The van der Waals surface area contributed by atoms with Crippen LogP contribution in [0.4, 0.5) is 4.39 Å². The number of morpholine rings is 1. The summed E-state index contributed by atoms with van der Waals surface area (Å²) in [4.78, 5) is 21.8. The Morgan fingerprint density at radius 1 is 1.55 bits per heavy atom. The highest BCUT2D eigenvalue weighted by Crippen LogP contribution is 2.23. The number of imidazole rings is 1. The third kappa shape index (κ3) is 3.17. The van der Waals surface area contributed by atoms with E-state index in [1.807, 2.05) is 6.92 Å². The molecule has 1 aliphatic rings. The molecule has 5 nitrogen and oxygen atoms in total. The molecule has 0 saturated carbocycles. The number of carbonyl (C=O) groups is 1. The maximum atomic E-state index is 13.2. The topological polar surface area (TPSA) is 58.2 Å². The number of H-pyrrole nitrogens is 1. The summed E-state index contributed by atoms with van der Waals surface area (Å²) in [5, 5.41) is 0. The van der Waals surface area contributed by atoms with Crippen molar-refractivity contribution in [3.05, 3.63) is 53.4 Å². The van der Waals surface area contributed by atoms with Crippen molar-refractivity contribution in [3.63, 3.8) is 0 Å². The molecule has 0 aliphatic carbocycles. The van der Waals surface area contributed by atoms with Gasteiger partial charge in [0.2, 0.25) is 5.91 Å². The van der Waals surface area contributed by atoms with E-state index in [1.54, 1.807) is 23.2 Å². The molecule has 1 aliphatic heterocycles. The lowest BCUT2D eigenvalue weighted by atomic mass is 10.1. The molecule has 1 N–H and O–H groups in total. The summed E-state index contributed by atoms with van der Waals surface area (Å²) in [5.74, 6) is 0.350. The van der Waals surface area contributed by atoms with Gasteiger partial charge in [0.1, 0.15) is 17.7 Å². The first-order chi connectivity index (χ1) is 10.6. The van der Waals surface area contributed by atoms with Crippen molar-refractivity contribution >= 4 is 5.91 Å². The fourth-order valence-electron chi connectivity index (χ4n) is 2.65. The van der Waals surface area contributed by atoms with E-state index < -0.39 is 0 Å². The van der Waals surface area contributed by atoms with Gasteiger partial charge in [-0.1, -0.05) is 12.1 Å². The number of carbonyl (C=O) groups excluding carboxylic acids is 1. The van der Waals surface area contributed by atoms with Gasteiger partial charge in [0, 0.05) is 18.4 Å². The lowest BCUT2D eigenvalue weighted by Crippen LogP contribution is -2.44. The number of nitrogens with one attached hydrogen (secondary N) is 1. The largest absolute Gasteiger partial charge is 0.377 e. The predicted octanol–water partition coefficient (Wildman–Crippen LogP) is 2.00. The number of rotatable bonds is 3. The fourth-order valence-corrected chi connectivity index (χ4v) is 2.65. The molecular weight excluding hydrogens is 285 g/mol. The lowest BCUT2D eigenvalue weighted by molar-refractivity contribution is -0.139. The van der Waals surface area contributed by atoms with Gasteiger partial charge in [-0.3, -0.25) is 4.79 Å². The second kappa shape index (κ2) is 6.27. The first-order valence-corrected chi connectivity index (χ1v) is 7.26. The number of halogens is 1. The Morgan fingerprint density at radius 3 is 3.14 bits per heavy atom. The summed E-state index contributed by atoms with van der Waals surface area (Å²) in [6, 6.07) is 5.92. The van der Waals surface area contributed by atoms with Gasteiger partial charge in [0.05, 0.1) is 19.6 Å². The van der Waals surface area contributed by atoms with Crippen LogP contribution < -0.4 is 0 Å².